The van der Waals surface area contributed by atoms with Crippen LogP contribution in [0.25, 0.3) is 0 Å². The van der Waals surface area contributed by atoms with Crippen LogP contribution >= 0.6 is 0 Å². The zero-order chi connectivity index (χ0) is 13.2. The molecule has 1 aliphatic rings. The molecule has 0 radical (unpaired) electrons. The lowest BCUT2D eigenvalue weighted by Gasteiger charge is -2.08. The number of methoxy groups -OCH3 is 1. The number of nitrogens with zero attached hydrogens (tertiary/aromatic N) is 3. The van der Waals surface area contributed by atoms with E-state index < -0.39 is 5.97 Å². The molecule has 0 fully saturated rings. The minimum Gasteiger partial charge on any atom is -0.496 e. The second-order valence-corrected chi connectivity index (χ2v) is 3.91. The van der Waals surface area contributed by atoms with Crippen molar-refractivity contribution in [2.24, 2.45) is 4.99 Å². The number of hydrogen-bond donors (Lipinski definition) is 0. The van der Waals surface area contributed by atoms with Gasteiger partial charge in [0.1, 0.15) is 11.3 Å². The van der Waals surface area contributed by atoms with Crippen LogP contribution in [-0.2, 0) is 6.54 Å². The van der Waals surface area contributed by atoms with Gasteiger partial charge in [-0.2, -0.15) is 0 Å². The van der Waals surface area contributed by atoms with Crippen LogP contribution in [0.4, 0.5) is 5.95 Å². The van der Waals surface area contributed by atoms with Crippen LogP contribution in [0, 0.1) is 0 Å². The molecule has 1 aromatic carbocycles. The summed E-state index contributed by atoms with van der Waals surface area (Å²) >= 11 is 0. The van der Waals surface area contributed by atoms with E-state index in [-0.39, 0.29) is 0 Å². The summed E-state index contributed by atoms with van der Waals surface area (Å²) in [5.74, 6) is 0.920. The zero-order valence-corrected chi connectivity index (χ0v) is 10.2. The number of carbonyl (C=O) groups is 1. The van der Waals surface area contributed by atoms with Crippen LogP contribution in [0.3, 0.4) is 0 Å². The molecule has 19 heavy (non-hydrogen) atoms. The van der Waals surface area contributed by atoms with Gasteiger partial charge in [-0.15, -0.1) is 0 Å². The summed E-state index contributed by atoms with van der Waals surface area (Å²) in [7, 11) is 1.51. The molecule has 0 amide bonds. The first-order valence-corrected chi connectivity index (χ1v) is 5.73. The molecule has 0 N–H and O–H groups in total. The Balaban J connectivity index is 1.85. The number of ether oxygens (including phenoxy) is 2. The Labute approximate surface area is 109 Å². The van der Waals surface area contributed by atoms with Gasteiger partial charge in [-0.25, -0.2) is 14.8 Å². The van der Waals surface area contributed by atoms with Crippen molar-refractivity contribution in [2.45, 2.75) is 6.54 Å². The third-order valence-electron chi connectivity index (χ3n) is 2.79. The molecule has 0 saturated carbocycles. The summed E-state index contributed by atoms with van der Waals surface area (Å²) in [5, 5.41) is 0. The molecule has 0 saturated heterocycles. The average molecular weight is 257 g/mol. The number of hydrogen-bond acceptors (Lipinski definition) is 5. The summed E-state index contributed by atoms with van der Waals surface area (Å²) in [4.78, 5) is 20.2. The van der Waals surface area contributed by atoms with Crippen LogP contribution in [0.15, 0.2) is 35.5 Å². The van der Waals surface area contributed by atoms with E-state index in [1.807, 2.05) is 0 Å². The van der Waals surface area contributed by atoms with Gasteiger partial charge in [-0.05, 0) is 12.1 Å². The van der Waals surface area contributed by atoms with Crippen molar-refractivity contribution in [1.82, 2.24) is 9.55 Å². The maximum absolute atomic E-state index is 12.1. The third kappa shape index (κ3) is 1.97. The topological polar surface area (TPSA) is 65.7 Å². The Hall–Kier alpha value is -2.63. The summed E-state index contributed by atoms with van der Waals surface area (Å²) < 4.78 is 12.2. The molecule has 0 unspecified atom stereocenters. The van der Waals surface area contributed by atoms with Crippen molar-refractivity contribution in [3.05, 3.63) is 36.0 Å². The van der Waals surface area contributed by atoms with Crippen molar-refractivity contribution in [3.63, 3.8) is 0 Å². The second-order valence-electron chi connectivity index (χ2n) is 3.91. The van der Waals surface area contributed by atoms with Crippen LogP contribution in [0.2, 0.25) is 0 Å². The zero-order valence-electron chi connectivity index (χ0n) is 10.2. The molecule has 2 heterocycles. The van der Waals surface area contributed by atoms with Crippen molar-refractivity contribution < 1.29 is 14.3 Å². The van der Waals surface area contributed by atoms with E-state index in [0.29, 0.717) is 29.7 Å². The highest BCUT2D eigenvalue weighted by Gasteiger charge is 2.19. The van der Waals surface area contributed by atoms with Gasteiger partial charge in [-0.1, -0.05) is 12.1 Å². The molecule has 6 nitrogen and oxygen atoms in total. The smallest absolute Gasteiger partial charge is 0.348 e. The molecule has 0 atom stereocenters. The number of aliphatic imine (C=N–C) groups is 1. The molecule has 1 aliphatic heterocycles. The molecular formula is C13H11N3O3. The fourth-order valence-electron chi connectivity index (χ4n) is 1.87. The number of para-hydroxylation sites is 1. The van der Waals surface area contributed by atoms with Gasteiger partial charge in [0.15, 0.2) is 0 Å². The molecule has 3 rings (SSSR count). The predicted octanol–water partition coefficient (Wildman–Crippen LogP) is 1.83. The monoisotopic (exact) mass is 257 g/mol. The maximum Gasteiger partial charge on any atom is 0.348 e. The Morgan fingerprint density at radius 3 is 3.05 bits per heavy atom. The third-order valence-corrected chi connectivity index (χ3v) is 2.79. The van der Waals surface area contributed by atoms with E-state index in [2.05, 4.69) is 9.98 Å². The van der Waals surface area contributed by atoms with E-state index in [1.54, 1.807) is 35.0 Å². The quantitative estimate of drug-likeness (QED) is 0.787. The Kier molecular flexibility index (Phi) is 2.75. The van der Waals surface area contributed by atoms with Gasteiger partial charge in [0.05, 0.1) is 19.9 Å². The van der Waals surface area contributed by atoms with Crippen LogP contribution < -0.4 is 9.47 Å². The molecule has 1 aromatic heterocycles. The molecule has 0 bridgehead atoms. The molecule has 96 valence electrons. The molecule has 6 heteroatoms. The van der Waals surface area contributed by atoms with E-state index in [4.69, 9.17) is 9.47 Å². The lowest BCUT2D eigenvalue weighted by Crippen LogP contribution is -2.12. The minimum atomic E-state index is -0.480. The lowest BCUT2D eigenvalue weighted by atomic mass is 10.2. The number of fused-ring (bicyclic) bond motifs is 1. The van der Waals surface area contributed by atoms with E-state index in [0.717, 1.165) is 0 Å². The highest BCUT2D eigenvalue weighted by molar-refractivity contribution is 5.93. The highest BCUT2D eigenvalue weighted by atomic mass is 16.5. The first kappa shape index (κ1) is 11.5. The largest absolute Gasteiger partial charge is 0.496 e. The summed E-state index contributed by atoms with van der Waals surface area (Å²) in [6, 6.07) is 6.91. The molecule has 0 aliphatic carbocycles. The first-order valence-electron chi connectivity index (χ1n) is 5.73. The molecular weight excluding hydrogens is 246 g/mol. The van der Waals surface area contributed by atoms with Crippen molar-refractivity contribution >= 4 is 18.1 Å². The summed E-state index contributed by atoms with van der Waals surface area (Å²) in [6.45, 7) is 0.559. The second kappa shape index (κ2) is 4.56. The van der Waals surface area contributed by atoms with Gasteiger partial charge in [0, 0.05) is 6.21 Å². The number of esters is 1. The minimum absolute atomic E-state index is 0.375. The standard InChI is InChI=1S/C13H11N3O3/c1-18-10-5-3-2-4-9(10)12(17)19-11-8-15-13-14-6-7-16(11)13/h2-6,8H,7H2,1H3. The van der Waals surface area contributed by atoms with Crippen molar-refractivity contribution in [2.75, 3.05) is 7.11 Å². The van der Waals surface area contributed by atoms with Gasteiger partial charge in [-0.3, -0.25) is 4.57 Å². The van der Waals surface area contributed by atoms with Crippen molar-refractivity contribution in [3.8, 4) is 11.6 Å². The van der Waals surface area contributed by atoms with Crippen LogP contribution in [0.5, 0.6) is 11.6 Å². The number of carbonyl (C=O) groups excluding carboxylic acids is 1. The van der Waals surface area contributed by atoms with Gasteiger partial charge in [0.25, 0.3) is 0 Å². The Morgan fingerprint density at radius 2 is 2.21 bits per heavy atom. The normalized spacial score (nSPS) is 12.3. The van der Waals surface area contributed by atoms with Crippen molar-refractivity contribution in [1.29, 1.82) is 0 Å². The number of imidazole rings is 1. The summed E-state index contributed by atoms with van der Waals surface area (Å²) in [6.07, 6.45) is 3.20. The highest BCUT2D eigenvalue weighted by Crippen LogP contribution is 2.25. The Morgan fingerprint density at radius 1 is 1.37 bits per heavy atom. The number of rotatable bonds is 3. The van der Waals surface area contributed by atoms with Crippen LogP contribution in [0.1, 0.15) is 10.4 Å². The first-order chi connectivity index (χ1) is 9.29. The maximum atomic E-state index is 12.1. The molecule has 0 spiro atoms. The van der Waals surface area contributed by atoms with Crippen LogP contribution in [-0.4, -0.2) is 28.8 Å². The van der Waals surface area contributed by atoms with E-state index in [1.165, 1.54) is 13.3 Å². The van der Waals surface area contributed by atoms with Gasteiger partial charge in [0.2, 0.25) is 11.8 Å². The Bertz CT molecular complexity index is 661. The number of aromatic nitrogens is 2. The summed E-state index contributed by atoms with van der Waals surface area (Å²) in [5.41, 5.74) is 0.375. The van der Waals surface area contributed by atoms with E-state index in [9.17, 15) is 4.79 Å². The lowest BCUT2D eigenvalue weighted by molar-refractivity contribution is 0.0719. The van der Waals surface area contributed by atoms with Gasteiger partial charge >= 0.3 is 5.97 Å². The number of benzene rings is 1. The predicted molar refractivity (Wildman–Crippen MR) is 68.3 cm³/mol. The SMILES string of the molecule is COc1ccccc1C(=O)Oc1cnc2n1CC=N2. The fraction of sp³-hybridized carbons (Fsp3) is 0.154. The van der Waals surface area contributed by atoms with Gasteiger partial charge < -0.3 is 9.47 Å². The fourth-order valence-corrected chi connectivity index (χ4v) is 1.87. The van der Waals surface area contributed by atoms with E-state index >= 15 is 0 Å². The molecule has 2 aromatic rings. The average Bonchev–Trinajstić information content (AvgIpc) is 3.03.